The molecule has 1 aliphatic heterocycles. The van der Waals surface area contributed by atoms with Gasteiger partial charge in [-0.1, -0.05) is 0 Å². The molecule has 4 fully saturated rings. The van der Waals surface area contributed by atoms with Gasteiger partial charge in [0.05, 0.1) is 18.8 Å². The second-order valence-corrected chi connectivity index (χ2v) is 11.3. The van der Waals surface area contributed by atoms with Crippen molar-refractivity contribution in [2.24, 2.45) is 29.1 Å². The van der Waals surface area contributed by atoms with Crippen LogP contribution in [0.2, 0.25) is 0 Å². The molecule has 0 radical (unpaired) electrons. The lowest BCUT2D eigenvalue weighted by Crippen LogP contribution is -2.35. The summed E-state index contributed by atoms with van der Waals surface area (Å²) in [7, 11) is 0. The van der Waals surface area contributed by atoms with Gasteiger partial charge in [-0.25, -0.2) is 0 Å². The molecule has 4 aliphatic rings. The molecule has 3 aliphatic carbocycles. The number of benzene rings is 1. The van der Waals surface area contributed by atoms with Crippen LogP contribution in [-0.4, -0.2) is 48.2 Å². The summed E-state index contributed by atoms with van der Waals surface area (Å²) in [6.45, 7) is 0.960. The Labute approximate surface area is 197 Å². The van der Waals surface area contributed by atoms with Gasteiger partial charge in [-0.15, -0.1) is 0 Å². The van der Waals surface area contributed by atoms with E-state index in [1.807, 2.05) is 24.4 Å². The van der Waals surface area contributed by atoms with Crippen molar-refractivity contribution in [1.29, 1.82) is 0 Å². The van der Waals surface area contributed by atoms with Crippen molar-refractivity contribution in [3.8, 4) is 5.75 Å². The van der Waals surface area contributed by atoms with E-state index in [0.717, 1.165) is 54.4 Å². The van der Waals surface area contributed by atoms with Crippen LogP contribution in [0.1, 0.15) is 44.9 Å². The molecule has 2 heterocycles. The van der Waals surface area contributed by atoms with Crippen LogP contribution in [-0.2, 0) is 4.79 Å². The summed E-state index contributed by atoms with van der Waals surface area (Å²) in [6, 6.07) is 5.88. The van der Waals surface area contributed by atoms with Crippen molar-refractivity contribution in [3.05, 3.63) is 24.4 Å². The molecule has 184 valence electrons. The molecule has 5 nitrogen and oxygen atoms in total. The number of halogens is 3. The van der Waals surface area contributed by atoms with Crippen LogP contribution >= 0.6 is 0 Å². The van der Waals surface area contributed by atoms with Gasteiger partial charge in [-0.05, 0) is 86.3 Å². The van der Waals surface area contributed by atoms with E-state index in [-0.39, 0.29) is 11.8 Å². The Kier molecular flexibility index (Phi) is 5.35. The summed E-state index contributed by atoms with van der Waals surface area (Å²) < 4.78 is 44.0. The molecule has 6 rings (SSSR count). The van der Waals surface area contributed by atoms with Crippen LogP contribution in [0, 0.1) is 29.1 Å². The first-order valence-corrected chi connectivity index (χ1v) is 12.6. The van der Waals surface area contributed by atoms with E-state index < -0.39 is 12.7 Å². The molecule has 34 heavy (non-hydrogen) atoms. The van der Waals surface area contributed by atoms with E-state index >= 15 is 0 Å². The highest BCUT2D eigenvalue weighted by molar-refractivity contribution is 6.03. The Hall–Kier alpha value is -2.22. The minimum atomic E-state index is -4.11. The highest BCUT2D eigenvalue weighted by Crippen LogP contribution is 2.63. The highest BCUT2D eigenvalue weighted by atomic mass is 19.4. The van der Waals surface area contributed by atoms with E-state index in [1.165, 1.54) is 12.8 Å². The minimum Gasteiger partial charge on any atom is -0.494 e. The Morgan fingerprint density at radius 3 is 2.59 bits per heavy atom. The quantitative estimate of drug-likeness (QED) is 0.549. The van der Waals surface area contributed by atoms with Gasteiger partial charge in [0.2, 0.25) is 5.91 Å². The molecule has 1 unspecified atom stereocenters. The molecule has 8 heteroatoms. The number of hydrogen-bond donors (Lipinski definition) is 2. The first-order chi connectivity index (χ1) is 16.3. The maximum absolute atomic E-state index is 12.7. The summed E-state index contributed by atoms with van der Waals surface area (Å²) in [5.74, 6) is 2.33. The van der Waals surface area contributed by atoms with Crippen LogP contribution < -0.4 is 10.1 Å². The maximum atomic E-state index is 12.7. The third-order valence-corrected chi connectivity index (χ3v) is 8.72. The second kappa shape index (κ2) is 8.18. The fourth-order valence-electron chi connectivity index (χ4n) is 6.77. The van der Waals surface area contributed by atoms with E-state index in [9.17, 15) is 18.0 Å². The number of nitrogens with zero attached hydrogens (tertiary/aromatic N) is 1. The molecule has 1 aromatic carbocycles. The average molecular weight is 476 g/mol. The lowest BCUT2D eigenvalue weighted by Gasteiger charge is -2.34. The molecular formula is C26H32F3N3O2. The van der Waals surface area contributed by atoms with Crippen molar-refractivity contribution in [2.75, 3.05) is 31.6 Å². The van der Waals surface area contributed by atoms with Gasteiger partial charge in [-0.2, -0.15) is 13.2 Å². The van der Waals surface area contributed by atoms with E-state index in [2.05, 4.69) is 10.3 Å². The lowest BCUT2D eigenvalue weighted by molar-refractivity contribution is -0.144. The molecule has 1 spiro atoms. The Balaban J connectivity index is 0.989. The number of alkyl halides is 3. The second-order valence-electron chi connectivity index (χ2n) is 11.3. The van der Waals surface area contributed by atoms with Gasteiger partial charge in [-0.3, -0.25) is 9.69 Å². The predicted molar refractivity (Wildman–Crippen MR) is 124 cm³/mol. The number of nitrogens with one attached hydrogen (secondary N) is 2. The van der Waals surface area contributed by atoms with Gasteiger partial charge < -0.3 is 15.0 Å². The molecule has 3 atom stereocenters. The van der Waals surface area contributed by atoms with Crippen LogP contribution in [0.3, 0.4) is 0 Å². The molecule has 3 saturated carbocycles. The molecular weight excluding hydrogens is 443 g/mol. The number of carbonyl (C=O) groups is 1. The molecule has 2 N–H and O–H groups in total. The van der Waals surface area contributed by atoms with Crippen LogP contribution in [0.25, 0.3) is 10.9 Å². The predicted octanol–water partition coefficient (Wildman–Crippen LogP) is 5.59. The number of amides is 1. The average Bonchev–Trinajstić information content (AvgIpc) is 3.16. The number of ether oxygens (including phenoxy) is 1. The molecule has 1 amide bonds. The number of H-pyrrole nitrogens is 1. The number of aromatic amines is 1. The topological polar surface area (TPSA) is 57.4 Å². The number of hydrogen-bond acceptors (Lipinski definition) is 3. The Morgan fingerprint density at radius 1 is 1.18 bits per heavy atom. The third-order valence-electron chi connectivity index (χ3n) is 8.72. The third kappa shape index (κ3) is 4.53. The zero-order valence-electron chi connectivity index (χ0n) is 19.3. The zero-order chi connectivity index (χ0) is 23.5. The number of fused-ring (bicyclic) bond motifs is 2. The summed E-state index contributed by atoms with van der Waals surface area (Å²) in [5.41, 5.74) is 2.26. The lowest BCUT2D eigenvalue weighted by atomic mass is 9.71. The van der Waals surface area contributed by atoms with Gasteiger partial charge >= 0.3 is 6.18 Å². The van der Waals surface area contributed by atoms with Gasteiger partial charge in [0, 0.05) is 36.1 Å². The molecule has 2 aromatic rings. The van der Waals surface area contributed by atoms with E-state index in [1.54, 1.807) is 4.90 Å². The number of rotatable bonds is 7. The first kappa shape index (κ1) is 22.3. The number of carbonyl (C=O) groups excluding carboxylic acids is 1. The summed E-state index contributed by atoms with van der Waals surface area (Å²) in [4.78, 5) is 17.4. The first-order valence-electron chi connectivity index (χ1n) is 12.6. The fourth-order valence-corrected chi connectivity index (χ4v) is 6.77. The van der Waals surface area contributed by atoms with Crippen LogP contribution in [0.15, 0.2) is 24.4 Å². The van der Waals surface area contributed by atoms with Crippen molar-refractivity contribution < 1.29 is 22.7 Å². The standard InChI is InChI=1S/C26H32F3N3O2/c27-26(28,29)15-32-13-17-7-16(8-18(17)14-32)3-6-34-20-1-2-22-21(9-20)23(12-30-22)31-24(33)19-10-25(11-19)4-5-25/h1-2,9,12,16-19,30H,3-8,10-11,13-15H2,(H,31,33)/t16?,17-,18+. The maximum Gasteiger partial charge on any atom is 0.401 e. The number of likely N-dealkylation sites (tertiary alicyclic amines) is 1. The van der Waals surface area contributed by atoms with Crippen LogP contribution in [0.4, 0.5) is 18.9 Å². The smallest absolute Gasteiger partial charge is 0.401 e. The van der Waals surface area contributed by atoms with Crippen molar-refractivity contribution in [3.63, 3.8) is 0 Å². The Bertz CT molecular complexity index is 1050. The minimum absolute atomic E-state index is 0.116. The largest absolute Gasteiger partial charge is 0.494 e. The zero-order valence-corrected chi connectivity index (χ0v) is 19.3. The highest BCUT2D eigenvalue weighted by Gasteiger charge is 2.55. The number of anilines is 1. The van der Waals surface area contributed by atoms with E-state index in [4.69, 9.17) is 4.74 Å². The van der Waals surface area contributed by atoms with Gasteiger partial charge in [0.1, 0.15) is 5.75 Å². The van der Waals surface area contributed by atoms with Crippen LogP contribution in [0.5, 0.6) is 5.75 Å². The van der Waals surface area contributed by atoms with Crippen molar-refractivity contribution in [1.82, 2.24) is 9.88 Å². The van der Waals surface area contributed by atoms with Crippen molar-refractivity contribution in [2.45, 2.75) is 51.1 Å². The van der Waals surface area contributed by atoms with E-state index in [0.29, 0.717) is 42.9 Å². The molecule has 1 aromatic heterocycles. The monoisotopic (exact) mass is 475 g/mol. The normalized spacial score (nSPS) is 28.3. The van der Waals surface area contributed by atoms with Gasteiger partial charge in [0.15, 0.2) is 0 Å². The molecule has 1 saturated heterocycles. The SMILES string of the molecule is O=C(Nc1c[nH]c2ccc(OCCC3C[C@@H]4CN(CC(F)(F)F)C[C@@H]4C3)cc12)C1CC2(CC2)C1. The summed E-state index contributed by atoms with van der Waals surface area (Å²) in [6.07, 6.45) is 5.27. The number of aromatic nitrogens is 1. The fraction of sp³-hybridized carbons (Fsp3) is 0.654. The summed E-state index contributed by atoms with van der Waals surface area (Å²) in [5, 5.41) is 4.05. The van der Waals surface area contributed by atoms with Gasteiger partial charge in [0.25, 0.3) is 0 Å². The molecule has 0 bridgehead atoms. The summed E-state index contributed by atoms with van der Waals surface area (Å²) >= 11 is 0. The Morgan fingerprint density at radius 2 is 1.91 bits per heavy atom. The van der Waals surface area contributed by atoms with Crippen molar-refractivity contribution >= 4 is 22.5 Å².